The first-order chi connectivity index (χ1) is 24.6. The van der Waals surface area contributed by atoms with Crippen LogP contribution in [0.1, 0.15) is 21.0 Å². The molecule has 0 spiro atoms. The van der Waals surface area contributed by atoms with Crippen molar-refractivity contribution in [3.8, 4) is 33.6 Å². The number of carboxylic acids is 1. The maximum absolute atomic E-state index is 12.3. The second-order valence-electron chi connectivity index (χ2n) is 11.5. The summed E-state index contributed by atoms with van der Waals surface area (Å²) in [6.07, 6.45) is 7.36. The predicted octanol–water partition coefficient (Wildman–Crippen LogP) is 4.69. The SMILES string of the molecule is COC(=O)c1nn(-c2cccc(Br)c2)c2ccc(-c3cnn(C)c3)cc12.Cn1cc(-c2ccc3c(c2)c(C(=O)O)nn3-c2cccc(Br)c2)cn1.[Li+].[OH-]. The minimum absolute atomic E-state index is 0. The summed E-state index contributed by atoms with van der Waals surface area (Å²) in [6.45, 7) is 0. The molecule has 0 fully saturated rings. The van der Waals surface area contributed by atoms with E-state index >= 15 is 0 Å². The van der Waals surface area contributed by atoms with Crippen molar-refractivity contribution in [3.05, 3.63) is 130 Å². The molecule has 16 heteroatoms. The number of carbonyl (C=O) groups excluding carboxylic acids is 1. The van der Waals surface area contributed by atoms with Crippen molar-refractivity contribution in [2.75, 3.05) is 7.11 Å². The van der Waals surface area contributed by atoms with E-state index in [0.29, 0.717) is 5.39 Å². The smallest absolute Gasteiger partial charge is 0.870 e. The fourth-order valence-corrected chi connectivity index (χ4v) is 6.53. The van der Waals surface area contributed by atoms with Gasteiger partial charge in [0.15, 0.2) is 11.4 Å². The van der Waals surface area contributed by atoms with Crippen molar-refractivity contribution < 1.29 is 43.8 Å². The van der Waals surface area contributed by atoms with Crippen LogP contribution >= 0.6 is 31.9 Å². The third-order valence-corrected chi connectivity index (χ3v) is 9.11. The molecule has 4 heterocycles. The van der Waals surface area contributed by atoms with Crippen LogP contribution in [0.2, 0.25) is 0 Å². The Labute approximate surface area is 331 Å². The topological polar surface area (TPSA) is 165 Å². The Hall–Kier alpha value is -5.30. The Morgan fingerprint density at radius 2 is 1.11 bits per heavy atom. The van der Waals surface area contributed by atoms with E-state index in [4.69, 9.17) is 4.74 Å². The third-order valence-electron chi connectivity index (χ3n) is 8.12. The molecule has 0 radical (unpaired) electrons. The Balaban J connectivity index is 0.000000197. The normalized spacial score (nSPS) is 10.7. The number of carbonyl (C=O) groups is 2. The number of rotatable bonds is 6. The predicted molar refractivity (Wildman–Crippen MR) is 202 cm³/mol. The van der Waals surface area contributed by atoms with Gasteiger partial charge in [-0.15, -0.1) is 0 Å². The number of methoxy groups -OCH3 is 1. The first-order valence-electron chi connectivity index (χ1n) is 15.5. The summed E-state index contributed by atoms with van der Waals surface area (Å²) < 4.78 is 13.6. The van der Waals surface area contributed by atoms with Crippen LogP contribution in [0.3, 0.4) is 0 Å². The fourth-order valence-electron chi connectivity index (χ4n) is 5.75. The molecule has 0 aliphatic carbocycles. The first kappa shape index (κ1) is 38.9. The molecule has 0 aliphatic rings. The zero-order valence-corrected chi connectivity index (χ0v) is 32.0. The Morgan fingerprint density at radius 1 is 0.660 bits per heavy atom. The number of halogens is 2. The summed E-state index contributed by atoms with van der Waals surface area (Å²) in [5, 5.41) is 28.1. The number of fused-ring (bicyclic) bond motifs is 2. The van der Waals surface area contributed by atoms with E-state index < -0.39 is 11.9 Å². The van der Waals surface area contributed by atoms with Crippen LogP contribution < -0.4 is 18.9 Å². The standard InChI is InChI=1S/C19H15BrN4O2.C18H13BrN4O2.Li.H2O/c1-23-11-13(10-21-23)12-6-7-17-16(8-12)18(19(25)26-2)22-24(17)15-5-3-4-14(20)9-15;1-22-10-12(9-20-22)11-5-6-16-15(7-11)17(18(24)25)21-23(16)14-4-2-3-13(19)8-14;;/h3-11H,1-2H3;2-10H,1H3,(H,24,25);;1H2/q;;+1;/p-1. The number of aromatic carboxylic acids is 1. The van der Waals surface area contributed by atoms with Gasteiger partial charge in [0.1, 0.15) is 0 Å². The van der Waals surface area contributed by atoms with Crippen LogP contribution in [0, 0.1) is 0 Å². The van der Waals surface area contributed by atoms with Gasteiger partial charge in [0.25, 0.3) is 0 Å². The van der Waals surface area contributed by atoms with Gasteiger partial charge in [-0.05, 0) is 71.8 Å². The van der Waals surface area contributed by atoms with Crippen molar-refractivity contribution in [3.63, 3.8) is 0 Å². The molecule has 0 aliphatic heterocycles. The molecule has 4 aromatic heterocycles. The van der Waals surface area contributed by atoms with Gasteiger partial charge in [-0.1, -0.05) is 56.1 Å². The van der Waals surface area contributed by atoms with E-state index in [1.54, 1.807) is 31.1 Å². The van der Waals surface area contributed by atoms with E-state index in [1.807, 2.05) is 111 Å². The molecule has 4 aromatic carbocycles. The van der Waals surface area contributed by atoms with Crippen LogP contribution in [0.5, 0.6) is 0 Å². The number of carboxylic acid groups (broad SMARTS) is 1. The van der Waals surface area contributed by atoms with Crippen LogP contribution in [0.4, 0.5) is 0 Å². The molecule has 0 saturated heterocycles. The molecule has 13 nitrogen and oxygen atoms in total. The van der Waals surface area contributed by atoms with E-state index in [9.17, 15) is 14.7 Å². The van der Waals surface area contributed by atoms with Crippen molar-refractivity contribution in [2.24, 2.45) is 14.1 Å². The molecular formula is C37H29Br2LiN8O5. The summed E-state index contributed by atoms with van der Waals surface area (Å²) >= 11 is 6.91. The zero-order chi connectivity index (χ0) is 35.8. The maximum atomic E-state index is 12.3. The average Bonchev–Trinajstić information content (AvgIpc) is 3.92. The Morgan fingerprint density at radius 3 is 1.51 bits per heavy atom. The Bertz CT molecular complexity index is 2610. The average molecular weight is 832 g/mol. The van der Waals surface area contributed by atoms with Crippen LogP contribution in [0.15, 0.2) is 119 Å². The van der Waals surface area contributed by atoms with Crippen LogP contribution in [0.25, 0.3) is 55.4 Å². The van der Waals surface area contributed by atoms with Crippen molar-refractivity contribution in [1.29, 1.82) is 0 Å². The van der Waals surface area contributed by atoms with Crippen molar-refractivity contribution >= 4 is 65.6 Å². The van der Waals surface area contributed by atoms with Gasteiger partial charge in [0.2, 0.25) is 0 Å². The van der Waals surface area contributed by atoms with Gasteiger partial charge in [0, 0.05) is 57.3 Å². The molecule has 0 unspecified atom stereocenters. The summed E-state index contributed by atoms with van der Waals surface area (Å²) in [4.78, 5) is 23.9. The summed E-state index contributed by atoms with van der Waals surface area (Å²) in [5.74, 6) is -1.52. The van der Waals surface area contributed by atoms with Crippen LogP contribution in [-0.2, 0) is 18.8 Å². The molecule has 53 heavy (non-hydrogen) atoms. The number of aryl methyl sites for hydroxylation is 2. The molecule has 8 aromatic rings. The van der Waals surface area contributed by atoms with E-state index in [1.165, 1.54) is 7.11 Å². The molecule has 0 bridgehead atoms. The largest absolute Gasteiger partial charge is 1.00 e. The van der Waals surface area contributed by atoms with E-state index in [-0.39, 0.29) is 35.7 Å². The van der Waals surface area contributed by atoms with Gasteiger partial charge in [-0.25, -0.2) is 19.0 Å². The van der Waals surface area contributed by atoms with Crippen molar-refractivity contribution in [2.45, 2.75) is 0 Å². The fraction of sp³-hybridized carbons (Fsp3) is 0.0811. The van der Waals surface area contributed by atoms with Crippen molar-refractivity contribution in [1.82, 2.24) is 39.1 Å². The molecule has 262 valence electrons. The minimum Gasteiger partial charge on any atom is -0.870 e. The van der Waals surface area contributed by atoms with Gasteiger partial charge < -0.3 is 15.3 Å². The number of aromatic nitrogens is 8. The third kappa shape index (κ3) is 7.90. The monoisotopic (exact) mass is 830 g/mol. The number of benzene rings is 4. The summed E-state index contributed by atoms with van der Waals surface area (Å²) in [7, 11) is 5.07. The van der Waals surface area contributed by atoms with Gasteiger partial charge >= 0.3 is 30.8 Å². The number of ether oxygens (including phenoxy) is 1. The van der Waals surface area contributed by atoms with Gasteiger partial charge in [-0.3, -0.25) is 9.36 Å². The summed E-state index contributed by atoms with van der Waals surface area (Å²) in [6, 6.07) is 26.9. The summed E-state index contributed by atoms with van der Waals surface area (Å²) in [5.41, 5.74) is 7.29. The van der Waals surface area contributed by atoms with Crippen LogP contribution in [-0.4, -0.2) is 68.8 Å². The number of hydrogen-bond donors (Lipinski definition) is 1. The van der Waals surface area contributed by atoms with Gasteiger partial charge in [0.05, 0.1) is 41.9 Å². The number of nitrogens with zero attached hydrogens (tertiary/aromatic N) is 8. The maximum Gasteiger partial charge on any atom is 1.00 e. The first-order valence-corrected chi connectivity index (χ1v) is 17.1. The zero-order valence-electron chi connectivity index (χ0n) is 28.8. The quantitative estimate of drug-likeness (QED) is 0.185. The molecule has 0 amide bonds. The van der Waals surface area contributed by atoms with E-state index in [2.05, 4.69) is 52.3 Å². The molecular weight excluding hydrogens is 803 g/mol. The molecule has 0 saturated carbocycles. The number of hydrogen-bond acceptors (Lipinski definition) is 8. The molecule has 8 rings (SSSR count). The van der Waals surface area contributed by atoms with Gasteiger partial charge in [-0.2, -0.15) is 20.4 Å². The molecule has 0 atom stereocenters. The number of esters is 1. The van der Waals surface area contributed by atoms with E-state index in [0.717, 1.165) is 59.0 Å². The second-order valence-corrected chi connectivity index (χ2v) is 13.4. The minimum atomic E-state index is -1.05. The molecule has 2 N–H and O–H groups in total. The second kappa shape index (κ2) is 16.2. The Kier molecular flexibility index (Phi) is 11.9.